The molecule has 2 atom stereocenters. The molecule has 208 valence electrons. The number of rotatable bonds is 9. The first kappa shape index (κ1) is 27.1. The third-order valence-electron chi connectivity index (χ3n) is 7.94. The van der Waals surface area contributed by atoms with Gasteiger partial charge in [-0.3, -0.25) is 10.2 Å². The maximum absolute atomic E-state index is 13.6. The number of ketones is 1. The Kier molecular flexibility index (Phi) is 7.13. The number of hydrogen-bond donors (Lipinski definition) is 3. The van der Waals surface area contributed by atoms with E-state index in [1.807, 2.05) is 37.8 Å². The van der Waals surface area contributed by atoms with Gasteiger partial charge in [0, 0.05) is 47.9 Å². The zero-order valence-electron chi connectivity index (χ0n) is 23.2. The monoisotopic (exact) mass is 534 g/mol. The van der Waals surface area contributed by atoms with Crippen LogP contribution in [0.15, 0.2) is 24.3 Å². The molecule has 1 aromatic carbocycles. The Bertz CT molecular complexity index is 1310. The lowest BCUT2D eigenvalue weighted by Gasteiger charge is -2.28. The minimum atomic E-state index is -0.977. The molecule has 2 fully saturated rings. The zero-order chi connectivity index (χ0) is 28.1. The third-order valence-corrected chi connectivity index (χ3v) is 7.94. The fraction of sp³-hybridized carbons (Fsp3) is 0.533. The Morgan fingerprint density at radius 1 is 1.21 bits per heavy atom. The number of carboxylic acids is 1. The number of nitrogens with zero attached hydrogens (tertiary/aromatic N) is 3. The first-order chi connectivity index (χ1) is 18.5. The minimum Gasteiger partial charge on any atom is -0.505 e. The summed E-state index contributed by atoms with van der Waals surface area (Å²) in [7, 11) is 0. The van der Waals surface area contributed by atoms with Gasteiger partial charge in [0.25, 0.3) is 0 Å². The first-order valence-corrected chi connectivity index (χ1v) is 13.8. The molecular weight excluding hydrogens is 496 g/mol. The standard InChI is InChI=1S/C30H38N4O5/c1-5-25(29(37)38)39-20-10-11-33(15-20)23-13-19(12-21(27(23)36)30(2,3)4)24(35)16-34-14-18-8-9-22(17-6-7-17)32-26(18)28(34)31/h8-9,12-13,17,20,25,31,36H,5-7,10-11,14-16H2,1-4H3,(H,37,38). The summed E-state index contributed by atoms with van der Waals surface area (Å²) in [4.78, 5) is 33.5. The number of phenols is 1. The van der Waals surface area contributed by atoms with Crippen LogP contribution in [0.2, 0.25) is 0 Å². The number of carbonyl (C=O) groups is 2. The van der Waals surface area contributed by atoms with Crippen molar-refractivity contribution in [2.75, 3.05) is 24.5 Å². The van der Waals surface area contributed by atoms with E-state index < -0.39 is 17.5 Å². The van der Waals surface area contributed by atoms with Gasteiger partial charge < -0.3 is 24.7 Å². The summed E-state index contributed by atoms with van der Waals surface area (Å²) in [5.41, 5.74) is 3.95. The Morgan fingerprint density at radius 3 is 2.59 bits per heavy atom. The maximum atomic E-state index is 13.6. The highest BCUT2D eigenvalue weighted by Gasteiger charge is 2.34. The molecule has 1 aromatic heterocycles. The number of anilines is 1. The van der Waals surface area contributed by atoms with Crippen molar-refractivity contribution in [3.8, 4) is 5.75 Å². The van der Waals surface area contributed by atoms with Crippen LogP contribution in [0.4, 0.5) is 5.69 Å². The number of carbonyl (C=O) groups excluding carboxylic acids is 1. The van der Waals surface area contributed by atoms with Crippen molar-refractivity contribution in [3.63, 3.8) is 0 Å². The van der Waals surface area contributed by atoms with Crippen LogP contribution in [0.25, 0.3) is 0 Å². The predicted molar refractivity (Wildman–Crippen MR) is 148 cm³/mol. The number of Topliss-reactive ketones (excluding diaryl/α,β-unsaturated/α-hetero) is 1. The Labute approximate surface area is 229 Å². The van der Waals surface area contributed by atoms with Crippen LogP contribution in [-0.2, 0) is 21.5 Å². The molecule has 3 heterocycles. The molecular formula is C30H38N4O5. The Hall–Kier alpha value is -3.46. The molecule has 2 aromatic rings. The predicted octanol–water partition coefficient (Wildman–Crippen LogP) is 4.44. The molecule has 0 spiro atoms. The third kappa shape index (κ3) is 5.50. The SMILES string of the molecule is CCC(OC1CCN(c2cc(C(=O)CN3Cc4ccc(C5CC5)nc4C3=N)cc(C(C)(C)C)c2O)C1)C(=O)O. The minimum absolute atomic E-state index is 0.0459. The van der Waals surface area contributed by atoms with Gasteiger partial charge in [0.05, 0.1) is 18.3 Å². The second kappa shape index (κ2) is 10.3. The number of hydrogen-bond acceptors (Lipinski definition) is 7. The summed E-state index contributed by atoms with van der Waals surface area (Å²) in [5.74, 6) is -0.208. The van der Waals surface area contributed by atoms with Crippen LogP contribution in [-0.4, -0.2) is 69.5 Å². The van der Waals surface area contributed by atoms with Crippen LogP contribution in [0.1, 0.15) is 92.2 Å². The van der Waals surface area contributed by atoms with E-state index >= 15 is 0 Å². The van der Waals surface area contributed by atoms with E-state index in [-0.39, 0.29) is 30.0 Å². The van der Waals surface area contributed by atoms with Crippen molar-refractivity contribution in [2.24, 2.45) is 0 Å². The Balaban J connectivity index is 1.36. The fourth-order valence-electron chi connectivity index (χ4n) is 5.49. The van der Waals surface area contributed by atoms with E-state index in [1.54, 1.807) is 24.0 Å². The van der Waals surface area contributed by atoms with E-state index in [4.69, 9.17) is 15.1 Å². The highest BCUT2D eigenvalue weighted by atomic mass is 16.5. The molecule has 2 aliphatic heterocycles. The topological polar surface area (TPSA) is 127 Å². The first-order valence-electron chi connectivity index (χ1n) is 13.8. The summed E-state index contributed by atoms with van der Waals surface area (Å²) in [5, 5.41) is 29.3. The van der Waals surface area contributed by atoms with Gasteiger partial charge in [-0.2, -0.15) is 0 Å². The van der Waals surface area contributed by atoms with Crippen molar-refractivity contribution < 1.29 is 24.5 Å². The van der Waals surface area contributed by atoms with Crippen LogP contribution in [0.3, 0.4) is 0 Å². The molecule has 39 heavy (non-hydrogen) atoms. The zero-order valence-corrected chi connectivity index (χ0v) is 23.2. The second-order valence-electron chi connectivity index (χ2n) is 12.0. The average Bonchev–Trinajstić information content (AvgIpc) is 3.56. The van der Waals surface area contributed by atoms with Crippen molar-refractivity contribution in [1.29, 1.82) is 5.41 Å². The molecule has 3 N–H and O–H groups in total. The van der Waals surface area contributed by atoms with E-state index in [0.717, 1.165) is 24.1 Å². The number of fused-ring (bicyclic) bond motifs is 1. The second-order valence-corrected chi connectivity index (χ2v) is 12.0. The van der Waals surface area contributed by atoms with E-state index in [0.29, 0.717) is 60.9 Å². The van der Waals surface area contributed by atoms with Gasteiger partial charge in [-0.1, -0.05) is 33.8 Å². The maximum Gasteiger partial charge on any atom is 0.332 e. The van der Waals surface area contributed by atoms with Gasteiger partial charge in [-0.05, 0) is 49.3 Å². The average molecular weight is 535 g/mol. The molecule has 0 amide bonds. The van der Waals surface area contributed by atoms with Crippen molar-refractivity contribution in [3.05, 3.63) is 52.3 Å². The van der Waals surface area contributed by atoms with Crippen LogP contribution in [0, 0.1) is 5.41 Å². The number of nitrogens with one attached hydrogen (secondary N) is 1. The highest BCUT2D eigenvalue weighted by molar-refractivity contribution is 6.05. The molecule has 9 heteroatoms. The number of pyridine rings is 1. The smallest absolute Gasteiger partial charge is 0.332 e. The fourth-order valence-corrected chi connectivity index (χ4v) is 5.49. The quantitative estimate of drug-likeness (QED) is 0.403. The van der Waals surface area contributed by atoms with Crippen molar-refractivity contribution in [2.45, 2.75) is 83.5 Å². The number of aromatic hydroxyl groups is 1. The number of aliphatic carboxylic acids is 1. The molecule has 5 rings (SSSR count). The molecule has 3 aliphatic rings. The van der Waals surface area contributed by atoms with E-state index in [9.17, 15) is 19.8 Å². The molecule has 9 nitrogen and oxygen atoms in total. The van der Waals surface area contributed by atoms with Gasteiger partial charge >= 0.3 is 5.97 Å². The Morgan fingerprint density at radius 2 is 1.95 bits per heavy atom. The summed E-state index contributed by atoms with van der Waals surface area (Å²) in [6.07, 6.45) is 2.15. The summed E-state index contributed by atoms with van der Waals surface area (Å²) in [6.45, 7) is 9.28. The highest BCUT2D eigenvalue weighted by Crippen LogP contribution is 2.42. The number of aromatic nitrogens is 1. The van der Waals surface area contributed by atoms with Crippen LogP contribution < -0.4 is 4.90 Å². The van der Waals surface area contributed by atoms with E-state index in [2.05, 4.69) is 0 Å². The van der Waals surface area contributed by atoms with Crippen LogP contribution in [0.5, 0.6) is 5.75 Å². The van der Waals surface area contributed by atoms with Gasteiger partial charge in [0.1, 0.15) is 17.3 Å². The molecule has 0 bridgehead atoms. The van der Waals surface area contributed by atoms with Crippen LogP contribution >= 0.6 is 0 Å². The van der Waals surface area contributed by atoms with Gasteiger partial charge in [0.2, 0.25) is 0 Å². The molecule has 1 saturated heterocycles. The molecule has 1 aliphatic carbocycles. The summed E-state index contributed by atoms with van der Waals surface area (Å²) < 4.78 is 5.82. The van der Waals surface area contributed by atoms with E-state index in [1.165, 1.54) is 0 Å². The molecule has 2 unspecified atom stereocenters. The van der Waals surface area contributed by atoms with Crippen molar-refractivity contribution in [1.82, 2.24) is 9.88 Å². The molecule has 0 radical (unpaired) electrons. The number of carboxylic acid groups (broad SMARTS) is 1. The van der Waals surface area contributed by atoms with Gasteiger partial charge in [-0.25, -0.2) is 9.78 Å². The lowest BCUT2D eigenvalue weighted by atomic mass is 9.84. The number of benzene rings is 1. The number of phenolic OH excluding ortho intramolecular Hbond substituents is 1. The summed E-state index contributed by atoms with van der Waals surface area (Å²) >= 11 is 0. The van der Waals surface area contributed by atoms with Gasteiger partial charge in [-0.15, -0.1) is 0 Å². The largest absolute Gasteiger partial charge is 0.505 e. The normalized spacial score (nSPS) is 19.9. The lowest BCUT2D eigenvalue weighted by molar-refractivity contribution is -0.153. The van der Waals surface area contributed by atoms with Crippen molar-refractivity contribution >= 4 is 23.3 Å². The lowest BCUT2D eigenvalue weighted by Crippen LogP contribution is -2.32. The number of amidine groups is 1. The summed E-state index contributed by atoms with van der Waals surface area (Å²) in [6, 6.07) is 7.56. The molecule has 1 saturated carbocycles. The number of ether oxygens (including phenoxy) is 1. The van der Waals surface area contributed by atoms with Gasteiger partial charge in [0.15, 0.2) is 11.9 Å².